The van der Waals surface area contributed by atoms with Gasteiger partial charge >= 0.3 is 0 Å². The molecule has 1 atom stereocenters. The minimum absolute atomic E-state index is 0.144. The summed E-state index contributed by atoms with van der Waals surface area (Å²) in [6.07, 6.45) is 3.76. The van der Waals surface area contributed by atoms with Crippen LogP contribution in [0.3, 0.4) is 0 Å². The number of nitrogens with one attached hydrogen (secondary N) is 1. The highest BCUT2D eigenvalue weighted by Gasteiger charge is 2.21. The van der Waals surface area contributed by atoms with Crippen molar-refractivity contribution in [2.45, 2.75) is 32.6 Å². The molecule has 1 aliphatic heterocycles. The lowest BCUT2D eigenvalue weighted by Gasteiger charge is -2.11. The molecule has 1 amide bonds. The predicted octanol–water partition coefficient (Wildman–Crippen LogP) is 5.54. The molecule has 2 aromatic carbocycles. The van der Waals surface area contributed by atoms with Gasteiger partial charge in [-0.25, -0.2) is 0 Å². The molecule has 0 saturated carbocycles. The normalized spacial score (nSPS) is 16.0. The Labute approximate surface area is 181 Å². The Hall–Kier alpha value is -2.31. The number of hydrogen-bond acceptors (Lipinski definition) is 5. The summed E-state index contributed by atoms with van der Waals surface area (Å²) in [6, 6.07) is 16.0. The van der Waals surface area contributed by atoms with Crippen LogP contribution in [0.5, 0.6) is 11.5 Å². The van der Waals surface area contributed by atoms with E-state index in [0.717, 1.165) is 29.9 Å². The summed E-state index contributed by atoms with van der Waals surface area (Å²) < 4.78 is 12.0. The quantitative estimate of drug-likeness (QED) is 0.324. The van der Waals surface area contributed by atoms with Crippen LogP contribution in [0.25, 0.3) is 6.08 Å². The van der Waals surface area contributed by atoms with Crippen molar-refractivity contribution in [3.63, 3.8) is 0 Å². The Balaban J connectivity index is 1.39. The largest absolute Gasteiger partial charge is 0.493 e. The Bertz CT molecular complexity index is 876. The maximum Gasteiger partial charge on any atom is 0.263 e. The number of thioether (sulfide) groups is 1. The van der Waals surface area contributed by atoms with E-state index in [9.17, 15) is 4.79 Å². The van der Waals surface area contributed by atoms with Crippen molar-refractivity contribution in [1.82, 2.24) is 5.32 Å². The number of amides is 1. The van der Waals surface area contributed by atoms with Gasteiger partial charge in [-0.3, -0.25) is 4.79 Å². The van der Waals surface area contributed by atoms with Crippen LogP contribution in [0.2, 0.25) is 0 Å². The first-order valence-electron chi connectivity index (χ1n) is 9.75. The molecule has 0 radical (unpaired) electrons. The lowest BCUT2D eigenvalue weighted by atomic mass is 9.99. The molecule has 0 bridgehead atoms. The van der Waals surface area contributed by atoms with Crippen molar-refractivity contribution in [1.29, 1.82) is 0 Å². The molecule has 6 heteroatoms. The third-order valence-electron chi connectivity index (χ3n) is 4.71. The fourth-order valence-corrected chi connectivity index (χ4v) is 3.84. The molecule has 1 N–H and O–H groups in total. The number of carbonyl (C=O) groups is 1. The molecule has 2 aromatic rings. The molecular formula is C23H25NO3S2. The molecule has 152 valence electrons. The van der Waals surface area contributed by atoms with Gasteiger partial charge in [0, 0.05) is 6.42 Å². The Morgan fingerprint density at radius 1 is 1.03 bits per heavy atom. The van der Waals surface area contributed by atoms with Gasteiger partial charge in [-0.15, -0.1) is 0 Å². The molecule has 1 fully saturated rings. The SMILES string of the molecule is CC[C@@H](C)c1ccc(OCCCOc2ccc(/C=C3\SC(=S)NC3=O)cc2)cc1. The number of ether oxygens (including phenoxy) is 2. The van der Waals surface area contributed by atoms with Crippen LogP contribution < -0.4 is 14.8 Å². The molecule has 0 unspecified atom stereocenters. The first kappa shape index (κ1) is 21.4. The molecule has 1 saturated heterocycles. The van der Waals surface area contributed by atoms with Crippen molar-refractivity contribution in [2.75, 3.05) is 13.2 Å². The summed E-state index contributed by atoms with van der Waals surface area (Å²) in [5.41, 5.74) is 2.28. The standard InChI is InChI=1S/C23H25NO3S2/c1-3-16(2)18-7-11-20(12-8-18)27-14-4-13-26-19-9-5-17(6-10-19)15-21-22(25)24-23(28)29-21/h5-12,15-16H,3-4,13-14H2,1-2H3,(H,24,25,28)/b21-15-/t16-/m1/s1. The Morgan fingerprint density at radius 3 is 2.14 bits per heavy atom. The highest BCUT2D eigenvalue weighted by molar-refractivity contribution is 8.26. The first-order valence-corrected chi connectivity index (χ1v) is 11.0. The molecular weight excluding hydrogens is 402 g/mol. The zero-order valence-electron chi connectivity index (χ0n) is 16.6. The van der Waals surface area contributed by atoms with E-state index in [1.165, 1.54) is 17.3 Å². The maximum absolute atomic E-state index is 11.7. The number of rotatable bonds is 9. The van der Waals surface area contributed by atoms with Crippen LogP contribution in [-0.2, 0) is 4.79 Å². The summed E-state index contributed by atoms with van der Waals surface area (Å²) in [6.45, 7) is 5.62. The topological polar surface area (TPSA) is 47.6 Å². The van der Waals surface area contributed by atoms with E-state index >= 15 is 0 Å². The highest BCUT2D eigenvalue weighted by Crippen LogP contribution is 2.26. The van der Waals surface area contributed by atoms with Crippen molar-refractivity contribution >= 4 is 40.3 Å². The van der Waals surface area contributed by atoms with E-state index < -0.39 is 0 Å². The van der Waals surface area contributed by atoms with Crippen LogP contribution >= 0.6 is 24.0 Å². The van der Waals surface area contributed by atoms with E-state index in [-0.39, 0.29) is 5.91 Å². The fraction of sp³-hybridized carbons (Fsp3) is 0.304. The smallest absolute Gasteiger partial charge is 0.263 e. The van der Waals surface area contributed by atoms with Crippen LogP contribution in [0.15, 0.2) is 53.4 Å². The summed E-state index contributed by atoms with van der Waals surface area (Å²) in [5, 5.41) is 2.61. The van der Waals surface area contributed by atoms with Gasteiger partial charge in [0.15, 0.2) is 0 Å². The second kappa shape index (κ2) is 10.5. The maximum atomic E-state index is 11.7. The summed E-state index contributed by atoms with van der Waals surface area (Å²) >= 11 is 6.27. The van der Waals surface area contributed by atoms with E-state index in [1.807, 2.05) is 42.5 Å². The molecule has 1 aliphatic rings. The van der Waals surface area contributed by atoms with Gasteiger partial charge in [0.25, 0.3) is 5.91 Å². The molecule has 0 aliphatic carbocycles. The van der Waals surface area contributed by atoms with Gasteiger partial charge in [-0.05, 0) is 53.8 Å². The van der Waals surface area contributed by atoms with Crippen LogP contribution in [-0.4, -0.2) is 23.4 Å². The van der Waals surface area contributed by atoms with Crippen molar-refractivity contribution in [2.24, 2.45) is 0 Å². The van der Waals surface area contributed by atoms with E-state index in [2.05, 4.69) is 31.3 Å². The van der Waals surface area contributed by atoms with Crippen LogP contribution in [0.1, 0.15) is 43.7 Å². The second-order valence-corrected chi connectivity index (χ2v) is 8.57. The number of carbonyl (C=O) groups excluding carboxylic acids is 1. The van der Waals surface area contributed by atoms with Crippen molar-refractivity contribution in [3.8, 4) is 11.5 Å². The highest BCUT2D eigenvalue weighted by atomic mass is 32.2. The minimum Gasteiger partial charge on any atom is -0.493 e. The first-order chi connectivity index (χ1) is 14.0. The molecule has 0 aromatic heterocycles. The zero-order valence-corrected chi connectivity index (χ0v) is 18.3. The molecule has 0 spiro atoms. The van der Waals surface area contributed by atoms with Crippen molar-refractivity contribution < 1.29 is 14.3 Å². The number of thiocarbonyl (C=S) groups is 1. The average molecular weight is 428 g/mol. The van der Waals surface area contributed by atoms with Gasteiger partial charge in [0.2, 0.25) is 0 Å². The summed E-state index contributed by atoms with van der Waals surface area (Å²) in [7, 11) is 0. The van der Waals surface area contributed by atoms with Gasteiger partial charge in [-0.1, -0.05) is 62.1 Å². The van der Waals surface area contributed by atoms with Crippen molar-refractivity contribution in [3.05, 3.63) is 64.6 Å². The van der Waals surface area contributed by atoms with Gasteiger partial charge in [0.1, 0.15) is 15.8 Å². The second-order valence-electron chi connectivity index (χ2n) is 6.85. The zero-order chi connectivity index (χ0) is 20.6. The monoisotopic (exact) mass is 427 g/mol. The molecule has 3 rings (SSSR count). The fourth-order valence-electron chi connectivity index (χ4n) is 2.80. The lowest BCUT2D eigenvalue weighted by Crippen LogP contribution is -2.17. The summed E-state index contributed by atoms with van der Waals surface area (Å²) in [4.78, 5) is 12.3. The average Bonchev–Trinajstić information content (AvgIpc) is 3.05. The molecule has 29 heavy (non-hydrogen) atoms. The minimum atomic E-state index is -0.144. The van der Waals surface area contributed by atoms with Gasteiger partial charge in [-0.2, -0.15) is 0 Å². The summed E-state index contributed by atoms with van der Waals surface area (Å²) in [5.74, 6) is 2.12. The van der Waals surface area contributed by atoms with E-state index in [1.54, 1.807) is 0 Å². The predicted molar refractivity (Wildman–Crippen MR) is 124 cm³/mol. The Kier molecular flexibility index (Phi) is 7.72. The van der Waals surface area contributed by atoms with Crippen LogP contribution in [0, 0.1) is 0 Å². The number of benzene rings is 2. The third kappa shape index (κ3) is 6.34. The van der Waals surface area contributed by atoms with Gasteiger partial charge in [0.05, 0.1) is 18.1 Å². The van der Waals surface area contributed by atoms with E-state index in [4.69, 9.17) is 21.7 Å². The van der Waals surface area contributed by atoms with Gasteiger partial charge < -0.3 is 14.8 Å². The van der Waals surface area contributed by atoms with Crippen LogP contribution in [0.4, 0.5) is 0 Å². The molecule has 4 nitrogen and oxygen atoms in total. The van der Waals surface area contributed by atoms with E-state index in [0.29, 0.717) is 28.4 Å². The molecule has 1 heterocycles. The number of hydrogen-bond donors (Lipinski definition) is 1. The Morgan fingerprint density at radius 2 is 1.62 bits per heavy atom. The lowest BCUT2D eigenvalue weighted by molar-refractivity contribution is -0.115. The third-order valence-corrected chi connectivity index (χ3v) is 5.87.